The Kier molecular flexibility index (Phi) is 18.5. The third kappa shape index (κ3) is 19.7. The summed E-state index contributed by atoms with van der Waals surface area (Å²) in [6.45, 7) is 10.3. The Morgan fingerprint density at radius 2 is 1.53 bits per heavy atom. The normalized spacial score (nSPS) is 9.47. The van der Waals surface area contributed by atoms with Gasteiger partial charge in [0.15, 0.2) is 0 Å². The average molecular weight is 272 g/mol. The lowest BCUT2D eigenvalue weighted by atomic mass is 10.1. The van der Waals surface area contributed by atoms with Gasteiger partial charge in [-0.1, -0.05) is 59.0 Å². The van der Waals surface area contributed by atoms with Gasteiger partial charge >= 0.3 is 5.97 Å². The SMILES string of the molecule is C=C(C)C(=O)OCCCC.CCCCCCCCO. The van der Waals surface area contributed by atoms with Crippen LogP contribution in [0.15, 0.2) is 12.2 Å². The highest BCUT2D eigenvalue weighted by Gasteiger charge is 2.00. The van der Waals surface area contributed by atoms with E-state index in [1.54, 1.807) is 6.92 Å². The van der Waals surface area contributed by atoms with Crippen molar-refractivity contribution in [2.24, 2.45) is 0 Å². The third-order valence-electron chi connectivity index (χ3n) is 2.59. The third-order valence-corrected chi connectivity index (χ3v) is 2.59. The highest BCUT2D eigenvalue weighted by molar-refractivity contribution is 5.86. The second-order valence-corrected chi connectivity index (χ2v) is 4.76. The van der Waals surface area contributed by atoms with Crippen molar-refractivity contribution < 1.29 is 14.6 Å². The largest absolute Gasteiger partial charge is 0.462 e. The molecule has 0 aliphatic carbocycles. The molecule has 114 valence electrons. The second-order valence-electron chi connectivity index (χ2n) is 4.76. The summed E-state index contributed by atoms with van der Waals surface area (Å²) < 4.78 is 4.81. The number of aliphatic hydroxyl groups is 1. The van der Waals surface area contributed by atoms with Crippen LogP contribution in [-0.2, 0) is 9.53 Å². The molecule has 0 aromatic carbocycles. The Bertz CT molecular complexity index is 206. The van der Waals surface area contributed by atoms with Crippen LogP contribution in [0.25, 0.3) is 0 Å². The smallest absolute Gasteiger partial charge is 0.333 e. The monoisotopic (exact) mass is 272 g/mol. The summed E-state index contributed by atoms with van der Waals surface area (Å²) in [6.07, 6.45) is 9.47. The molecule has 0 heterocycles. The molecule has 3 heteroatoms. The maximum absolute atomic E-state index is 10.7. The molecule has 0 unspecified atom stereocenters. The number of carbonyl (C=O) groups is 1. The lowest BCUT2D eigenvalue weighted by Gasteiger charge is -2.01. The topological polar surface area (TPSA) is 46.5 Å². The Labute approximate surface area is 119 Å². The number of hydrogen-bond acceptors (Lipinski definition) is 3. The molecule has 3 nitrogen and oxygen atoms in total. The predicted octanol–water partition coefficient (Wildman–Crippen LogP) is 4.25. The quantitative estimate of drug-likeness (QED) is 0.367. The van der Waals surface area contributed by atoms with Crippen LogP contribution in [0.3, 0.4) is 0 Å². The first-order valence-corrected chi connectivity index (χ1v) is 7.53. The number of carbonyl (C=O) groups excluding carboxylic acids is 1. The van der Waals surface area contributed by atoms with Gasteiger partial charge in [-0.2, -0.15) is 0 Å². The fourth-order valence-electron chi connectivity index (χ4n) is 1.32. The minimum absolute atomic E-state index is 0.284. The Morgan fingerprint density at radius 3 is 2.00 bits per heavy atom. The molecule has 0 atom stereocenters. The van der Waals surface area contributed by atoms with Crippen molar-refractivity contribution in [3.63, 3.8) is 0 Å². The molecule has 0 rings (SSSR count). The highest BCUT2D eigenvalue weighted by Crippen LogP contribution is 2.03. The molecule has 0 amide bonds. The van der Waals surface area contributed by atoms with Crippen molar-refractivity contribution in [2.45, 2.75) is 72.1 Å². The minimum Gasteiger partial charge on any atom is -0.462 e. The van der Waals surface area contributed by atoms with Crippen molar-refractivity contribution >= 4 is 5.97 Å². The average Bonchev–Trinajstić information content (AvgIpc) is 2.39. The Hall–Kier alpha value is -0.830. The van der Waals surface area contributed by atoms with E-state index >= 15 is 0 Å². The Balaban J connectivity index is 0. The van der Waals surface area contributed by atoms with E-state index in [4.69, 9.17) is 9.84 Å². The van der Waals surface area contributed by atoms with E-state index in [0.29, 0.717) is 18.8 Å². The summed E-state index contributed by atoms with van der Waals surface area (Å²) >= 11 is 0. The van der Waals surface area contributed by atoms with Crippen LogP contribution in [0, 0.1) is 0 Å². The zero-order chi connectivity index (χ0) is 14.9. The molecular formula is C16H32O3. The van der Waals surface area contributed by atoms with Crippen LogP contribution in [-0.4, -0.2) is 24.3 Å². The molecule has 19 heavy (non-hydrogen) atoms. The van der Waals surface area contributed by atoms with Crippen molar-refractivity contribution in [3.05, 3.63) is 12.2 Å². The van der Waals surface area contributed by atoms with E-state index in [2.05, 4.69) is 20.4 Å². The molecular weight excluding hydrogens is 240 g/mol. The van der Waals surface area contributed by atoms with Gasteiger partial charge in [0.1, 0.15) is 0 Å². The van der Waals surface area contributed by atoms with Gasteiger partial charge in [-0.05, 0) is 19.8 Å². The van der Waals surface area contributed by atoms with Gasteiger partial charge in [0.05, 0.1) is 6.61 Å². The van der Waals surface area contributed by atoms with Crippen LogP contribution >= 0.6 is 0 Å². The van der Waals surface area contributed by atoms with Gasteiger partial charge in [-0.15, -0.1) is 0 Å². The molecule has 0 fully saturated rings. The van der Waals surface area contributed by atoms with E-state index in [9.17, 15) is 4.79 Å². The molecule has 0 saturated carbocycles. The van der Waals surface area contributed by atoms with E-state index in [0.717, 1.165) is 19.3 Å². The highest BCUT2D eigenvalue weighted by atomic mass is 16.5. The van der Waals surface area contributed by atoms with Crippen molar-refractivity contribution in [2.75, 3.05) is 13.2 Å². The second kappa shape index (κ2) is 17.2. The number of hydrogen-bond donors (Lipinski definition) is 1. The van der Waals surface area contributed by atoms with Gasteiger partial charge < -0.3 is 9.84 Å². The van der Waals surface area contributed by atoms with Crippen LogP contribution < -0.4 is 0 Å². The van der Waals surface area contributed by atoms with Crippen LogP contribution in [0.2, 0.25) is 0 Å². The maximum atomic E-state index is 10.7. The predicted molar refractivity (Wildman–Crippen MR) is 81.1 cm³/mol. The zero-order valence-corrected chi connectivity index (χ0v) is 13.0. The summed E-state index contributed by atoms with van der Waals surface area (Å²) in [4.78, 5) is 10.7. The van der Waals surface area contributed by atoms with E-state index < -0.39 is 0 Å². The van der Waals surface area contributed by atoms with E-state index in [1.807, 2.05) is 0 Å². The molecule has 1 N–H and O–H groups in total. The van der Waals surface area contributed by atoms with Gasteiger partial charge in [0.2, 0.25) is 0 Å². The molecule has 0 spiro atoms. The molecule has 0 aliphatic heterocycles. The number of esters is 1. The zero-order valence-electron chi connectivity index (χ0n) is 13.0. The molecule has 0 saturated heterocycles. The van der Waals surface area contributed by atoms with Gasteiger partial charge in [-0.3, -0.25) is 0 Å². The lowest BCUT2D eigenvalue weighted by Crippen LogP contribution is -2.05. The fourth-order valence-corrected chi connectivity index (χ4v) is 1.32. The molecule has 0 bridgehead atoms. The first kappa shape index (κ1) is 20.5. The number of ether oxygens (including phenoxy) is 1. The first-order valence-electron chi connectivity index (χ1n) is 7.53. The van der Waals surface area contributed by atoms with Crippen molar-refractivity contribution in [1.29, 1.82) is 0 Å². The first-order chi connectivity index (χ1) is 9.09. The van der Waals surface area contributed by atoms with Crippen molar-refractivity contribution in [1.82, 2.24) is 0 Å². The maximum Gasteiger partial charge on any atom is 0.333 e. The number of rotatable bonds is 10. The van der Waals surface area contributed by atoms with E-state index in [-0.39, 0.29) is 5.97 Å². The summed E-state index contributed by atoms with van der Waals surface area (Å²) in [5.74, 6) is -0.284. The minimum atomic E-state index is -0.284. The molecule has 0 aliphatic rings. The summed E-state index contributed by atoms with van der Waals surface area (Å²) in [7, 11) is 0. The summed E-state index contributed by atoms with van der Waals surface area (Å²) in [5.41, 5.74) is 0.469. The molecule has 0 aromatic rings. The van der Waals surface area contributed by atoms with Crippen LogP contribution in [0.5, 0.6) is 0 Å². The Morgan fingerprint density at radius 1 is 1.00 bits per heavy atom. The van der Waals surface area contributed by atoms with Gasteiger partial charge in [0, 0.05) is 12.2 Å². The van der Waals surface area contributed by atoms with E-state index in [1.165, 1.54) is 32.1 Å². The molecule has 0 radical (unpaired) electrons. The number of unbranched alkanes of at least 4 members (excludes halogenated alkanes) is 6. The molecule has 0 aromatic heterocycles. The standard InChI is InChI=1S/C8H14O2.C8H18O/c1-4-5-6-10-8(9)7(2)3;1-2-3-4-5-6-7-8-9/h2,4-6H2,1,3H3;9H,2-8H2,1H3. The summed E-state index contributed by atoms with van der Waals surface area (Å²) in [6, 6.07) is 0. The fraction of sp³-hybridized carbons (Fsp3) is 0.812. The number of aliphatic hydroxyl groups excluding tert-OH is 1. The lowest BCUT2D eigenvalue weighted by molar-refractivity contribution is -0.139. The van der Waals surface area contributed by atoms with Gasteiger partial charge in [-0.25, -0.2) is 4.79 Å². The van der Waals surface area contributed by atoms with Crippen LogP contribution in [0.4, 0.5) is 0 Å². The van der Waals surface area contributed by atoms with Crippen molar-refractivity contribution in [3.8, 4) is 0 Å². The summed E-state index contributed by atoms with van der Waals surface area (Å²) in [5, 5.41) is 8.42. The van der Waals surface area contributed by atoms with Gasteiger partial charge in [0.25, 0.3) is 0 Å². The van der Waals surface area contributed by atoms with Crippen LogP contribution in [0.1, 0.15) is 72.1 Å².